The molecule has 0 aromatic heterocycles. The van der Waals surface area contributed by atoms with Crippen LogP contribution in [0.25, 0.3) is 0 Å². The normalized spacial score (nSPS) is 14.0. The fraction of sp³-hybridized carbons (Fsp3) is 0.250. The number of nitrogens with zero attached hydrogens (tertiary/aromatic N) is 2. The first-order valence-corrected chi connectivity index (χ1v) is 8.80. The maximum Gasteiger partial charge on any atom is 0.191 e. The molecule has 1 heterocycles. The lowest BCUT2D eigenvalue weighted by molar-refractivity contribution is 0.809. The lowest BCUT2D eigenvalue weighted by Gasteiger charge is -2.18. The van der Waals surface area contributed by atoms with Gasteiger partial charge in [0.15, 0.2) is 5.96 Å². The van der Waals surface area contributed by atoms with Gasteiger partial charge in [-0.15, -0.1) is 0 Å². The van der Waals surface area contributed by atoms with E-state index < -0.39 is 0 Å². The van der Waals surface area contributed by atoms with E-state index in [2.05, 4.69) is 56.9 Å². The van der Waals surface area contributed by atoms with Gasteiger partial charge in [0.25, 0.3) is 0 Å². The van der Waals surface area contributed by atoms with E-state index >= 15 is 0 Å². The second kappa shape index (κ2) is 8.58. The maximum absolute atomic E-state index is 6.01. The predicted molar refractivity (Wildman–Crippen MR) is 106 cm³/mol. The summed E-state index contributed by atoms with van der Waals surface area (Å²) in [7, 11) is 1.77. The SMILES string of the molecule is CN=C(NCc1ccc(N2CC=CC2)cc1)NCc1cccc(Cl)c1. The Hall–Kier alpha value is -2.46. The Balaban J connectivity index is 1.49. The number of nitrogens with one attached hydrogen (secondary N) is 2. The van der Waals surface area contributed by atoms with Gasteiger partial charge in [-0.1, -0.05) is 48.0 Å². The lowest BCUT2D eigenvalue weighted by atomic mass is 10.2. The summed E-state index contributed by atoms with van der Waals surface area (Å²) in [6.07, 6.45) is 4.40. The molecule has 4 nitrogen and oxygen atoms in total. The van der Waals surface area contributed by atoms with Crippen LogP contribution in [0, 0.1) is 0 Å². The van der Waals surface area contributed by atoms with Gasteiger partial charge in [0.05, 0.1) is 0 Å². The van der Waals surface area contributed by atoms with Crippen molar-refractivity contribution in [2.24, 2.45) is 4.99 Å². The molecule has 0 atom stereocenters. The molecule has 25 heavy (non-hydrogen) atoms. The number of anilines is 1. The largest absolute Gasteiger partial charge is 0.364 e. The third-order valence-corrected chi connectivity index (χ3v) is 4.39. The molecule has 1 aliphatic rings. The first-order chi connectivity index (χ1) is 12.2. The van der Waals surface area contributed by atoms with Gasteiger partial charge in [-0.25, -0.2) is 0 Å². The van der Waals surface area contributed by atoms with Crippen LogP contribution in [0.2, 0.25) is 5.02 Å². The zero-order valence-electron chi connectivity index (χ0n) is 14.4. The van der Waals surface area contributed by atoms with Crippen LogP contribution in [-0.4, -0.2) is 26.1 Å². The summed E-state index contributed by atoms with van der Waals surface area (Å²) in [6, 6.07) is 16.5. The molecule has 2 N–H and O–H groups in total. The van der Waals surface area contributed by atoms with Gasteiger partial charge in [-0.2, -0.15) is 0 Å². The summed E-state index contributed by atoms with van der Waals surface area (Å²) >= 11 is 6.01. The van der Waals surface area contributed by atoms with Crippen LogP contribution in [0.1, 0.15) is 11.1 Å². The van der Waals surface area contributed by atoms with E-state index in [4.69, 9.17) is 11.6 Å². The second-order valence-electron chi connectivity index (χ2n) is 5.95. The number of aliphatic imine (C=N–C) groups is 1. The summed E-state index contributed by atoms with van der Waals surface area (Å²) < 4.78 is 0. The van der Waals surface area contributed by atoms with Crippen molar-refractivity contribution in [2.75, 3.05) is 25.0 Å². The summed E-state index contributed by atoms with van der Waals surface area (Å²) in [6.45, 7) is 3.41. The van der Waals surface area contributed by atoms with E-state index in [1.54, 1.807) is 7.05 Å². The van der Waals surface area contributed by atoms with E-state index in [-0.39, 0.29) is 0 Å². The number of guanidine groups is 1. The third-order valence-electron chi connectivity index (χ3n) is 4.15. The van der Waals surface area contributed by atoms with Gasteiger partial charge in [0, 0.05) is 43.9 Å². The van der Waals surface area contributed by atoms with E-state index in [9.17, 15) is 0 Å². The quantitative estimate of drug-likeness (QED) is 0.490. The molecule has 5 heteroatoms. The molecule has 0 spiro atoms. The van der Waals surface area contributed by atoms with Gasteiger partial charge in [-0.3, -0.25) is 4.99 Å². The van der Waals surface area contributed by atoms with E-state index in [1.165, 1.54) is 11.3 Å². The van der Waals surface area contributed by atoms with Crippen LogP contribution >= 0.6 is 11.6 Å². The molecular weight excluding hydrogens is 332 g/mol. The zero-order valence-corrected chi connectivity index (χ0v) is 15.1. The minimum Gasteiger partial charge on any atom is -0.364 e. The van der Waals surface area contributed by atoms with Crippen molar-refractivity contribution in [3.8, 4) is 0 Å². The molecule has 0 fully saturated rings. The van der Waals surface area contributed by atoms with Crippen LogP contribution in [-0.2, 0) is 13.1 Å². The maximum atomic E-state index is 6.01. The molecule has 0 unspecified atom stereocenters. The Morgan fingerprint density at radius 3 is 2.32 bits per heavy atom. The van der Waals surface area contributed by atoms with Crippen molar-refractivity contribution in [1.29, 1.82) is 0 Å². The highest BCUT2D eigenvalue weighted by Crippen LogP contribution is 2.17. The standard InChI is InChI=1S/C20H23ClN4/c1-22-20(24-15-17-5-4-6-18(21)13-17)23-14-16-7-9-19(10-8-16)25-11-2-3-12-25/h2-10,13H,11-12,14-15H2,1H3,(H2,22,23,24). The molecule has 0 bridgehead atoms. The fourth-order valence-corrected chi connectivity index (χ4v) is 2.97. The van der Waals surface area contributed by atoms with Crippen molar-refractivity contribution in [2.45, 2.75) is 13.1 Å². The number of halogens is 1. The van der Waals surface area contributed by atoms with Gasteiger partial charge >= 0.3 is 0 Å². The molecule has 130 valence electrons. The van der Waals surface area contributed by atoms with Crippen LogP contribution in [0.5, 0.6) is 0 Å². The average molecular weight is 355 g/mol. The molecule has 0 saturated heterocycles. The lowest BCUT2D eigenvalue weighted by Crippen LogP contribution is -2.36. The first-order valence-electron chi connectivity index (χ1n) is 8.42. The van der Waals surface area contributed by atoms with Gasteiger partial charge in [0.2, 0.25) is 0 Å². The minimum absolute atomic E-state index is 0.682. The predicted octanol–water partition coefficient (Wildman–Crippen LogP) is 3.58. The smallest absolute Gasteiger partial charge is 0.191 e. The van der Waals surface area contributed by atoms with Gasteiger partial charge in [0.1, 0.15) is 0 Å². The Morgan fingerprint density at radius 2 is 1.68 bits per heavy atom. The number of benzene rings is 2. The molecule has 2 aromatic rings. The number of hydrogen-bond donors (Lipinski definition) is 2. The van der Waals surface area contributed by atoms with Crippen molar-refractivity contribution < 1.29 is 0 Å². The fourth-order valence-electron chi connectivity index (χ4n) is 2.75. The van der Waals surface area contributed by atoms with Crippen LogP contribution in [0.3, 0.4) is 0 Å². The van der Waals surface area contributed by atoms with E-state index in [0.29, 0.717) is 6.54 Å². The Morgan fingerprint density at radius 1 is 1.00 bits per heavy atom. The van der Waals surface area contributed by atoms with Crippen molar-refractivity contribution in [3.63, 3.8) is 0 Å². The Bertz CT molecular complexity index is 745. The summed E-state index contributed by atoms with van der Waals surface area (Å²) in [4.78, 5) is 6.60. The van der Waals surface area contributed by atoms with E-state index in [1.807, 2.05) is 24.3 Å². The molecule has 0 saturated carbocycles. The van der Waals surface area contributed by atoms with Gasteiger partial charge < -0.3 is 15.5 Å². The summed E-state index contributed by atoms with van der Waals surface area (Å²) in [5.41, 5.74) is 3.61. The van der Waals surface area contributed by atoms with Crippen LogP contribution < -0.4 is 15.5 Å². The zero-order chi connectivity index (χ0) is 17.5. The topological polar surface area (TPSA) is 39.7 Å². The molecule has 1 aliphatic heterocycles. The highest BCUT2D eigenvalue weighted by molar-refractivity contribution is 6.30. The van der Waals surface area contributed by atoms with Crippen LogP contribution in [0.4, 0.5) is 5.69 Å². The monoisotopic (exact) mass is 354 g/mol. The molecule has 0 amide bonds. The van der Waals surface area contributed by atoms with Crippen molar-refractivity contribution in [1.82, 2.24) is 10.6 Å². The van der Waals surface area contributed by atoms with Crippen molar-refractivity contribution >= 4 is 23.2 Å². The van der Waals surface area contributed by atoms with E-state index in [0.717, 1.165) is 36.2 Å². The van der Waals surface area contributed by atoms with Gasteiger partial charge in [-0.05, 0) is 35.4 Å². The van der Waals surface area contributed by atoms with Crippen molar-refractivity contribution in [3.05, 3.63) is 76.8 Å². The number of hydrogen-bond acceptors (Lipinski definition) is 2. The Labute approximate surface area is 154 Å². The molecule has 3 rings (SSSR count). The summed E-state index contributed by atoms with van der Waals surface area (Å²) in [5.74, 6) is 0.771. The number of rotatable bonds is 5. The average Bonchev–Trinajstić information content (AvgIpc) is 3.17. The minimum atomic E-state index is 0.682. The Kier molecular flexibility index (Phi) is 5.96. The highest BCUT2D eigenvalue weighted by Gasteiger charge is 2.07. The highest BCUT2D eigenvalue weighted by atomic mass is 35.5. The molecule has 2 aromatic carbocycles. The third kappa shape index (κ3) is 5.00. The van der Waals surface area contributed by atoms with Crippen LogP contribution in [0.15, 0.2) is 65.7 Å². The first kappa shape index (κ1) is 17.4. The molecule has 0 radical (unpaired) electrons. The summed E-state index contributed by atoms with van der Waals surface area (Å²) in [5, 5.41) is 7.39. The second-order valence-corrected chi connectivity index (χ2v) is 6.39. The molecular formula is C20H23ClN4. The molecule has 0 aliphatic carbocycles.